The van der Waals surface area contributed by atoms with Gasteiger partial charge in [0.15, 0.2) is 6.16 Å². The fraction of sp³-hybridized carbons (Fsp3) is 1.00. The molecule has 0 heterocycles. The van der Waals surface area contributed by atoms with Crippen molar-refractivity contribution < 1.29 is 14.3 Å². The van der Waals surface area contributed by atoms with Gasteiger partial charge in [-0.15, -0.1) is 11.6 Å². The Bertz CT molecular complexity index is 185. The van der Waals surface area contributed by atoms with Crippen LogP contribution in [-0.2, 0) is 4.52 Å². The normalized spacial score (nSPS) is 12.0. The van der Waals surface area contributed by atoms with Gasteiger partial charge in [-0.3, -0.25) is 0 Å². The molecule has 0 aliphatic heterocycles. The number of unbranched alkanes of at least 4 members (excludes halogenated alkanes) is 5. The number of nitrogens with one attached hydrogen (secondary N) is 1. The van der Waals surface area contributed by atoms with E-state index < -0.39 is 7.94 Å². The van der Waals surface area contributed by atoms with E-state index in [4.69, 9.17) is 16.1 Å². The Labute approximate surface area is 117 Å². The van der Waals surface area contributed by atoms with Crippen molar-refractivity contribution in [3.63, 3.8) is 0 Å². The number of alkyl halides is 1. The van der Waals surface area contributed by atoms with Crippen LogP contribution in [0.3, 0.4) is 0 Å². The van der Waals surface area contributed by atoms with Crippen LogP contribution in [-0.4, -0.2) is 41.5 Å². The van der Waals surface area contributed by atoms with Crippen LogP contribution in [0.2, 0.25) is 0 Å². The van der Waals surface area contributed by atoms with Crippen LogP contribution in [0.15, 0.2) is 0 Å². The SMILES string of the molecule is CCCCCCCCNCC[P+](O)(O)OCCCl. The smallest absolute Gasteiger partial charge is 0.313 e. The second-order valence-electron chi connectivity index (χ2n) is 4.43. The largest absolute Gasteiger partial charge is 0.407 e. The van der Waals surface area contributed by atoms with Crippen LogP contribution in [0.4, 0.5) is 0 Å². The van der Waals surface area contributed by atoms with Crippen molar-refractivity contribution in [2.45, 2.75) is 45.4 Å². The summed E-state index contributed by atoms with van der Waals surface area (Å²) in [6, 6.07) is 0. The van der Waals surface area contributed by atoms with Crippen LogP contribution < -0.4 is 5.32 Å². The number of hydrogen-bond donors (Lipinski definition) is 3. The summed E-state index contributed by atoms with van der Waals surface area (Å²) in [4.78, 5) is 19.0. The fourth-order valence-corrected chi connectivity index (χ4v) is 2.77. The predicted molar refractivity (Wildman–Crippen MR) is 79.1 cm³/mol. The van der Waals surface area contributed by atoms with Crippen molar-refractivity contribution in [2.75, 3.05) is 31.7 Å². The zero-order chi connectivity index (χ0) is 13.7. The third kappa shape index (κ3) is 13.0. The highest BCUT2D eigenvalue weighted by atomic mass is 35.5. The van der Waals surface area contributed by atoms with Gasteiger partial charge in [-0.1, -0.05) is 39.0 Å². The summed E-state index contributed by atoms with van der Waals surface area (Å²) in [5.74, 6) is 0.286. The average Bonchev–Trinajstić information content (AvgIpc) is 2.34. The van der Waals surface area contributed by atoms with Crippen molar-refractivity contribution in [3.8, 4) is 0 Å². The maximum atomic E-state index is 9.49. The molecule has 6 heteroatoms. The lowest BCUT2D eigenvalue weighted by molar-refractivity contribution is 0.242. The maximum absolute atomic E-state index is 9.49. The molecule has 0 bridgehead atoms. The highest BCUT2D eigenvalue weighted by molar-refractivity contribution is 7.59. The minimum Gasteiger partial charge on any atom is -0.313 e. The molecule has 0 fully saturated rings. The van der Waals surface area contributed by atoms with E-state index in [9.17, 15) is 9.79 Å². The molecule has 110 valence electrons. The van der Waals surface area contributed by atoms with Gasteiger partial charge in [-0.05, 0) is 13.0 Å². The monoisotopic (exact) mass is 300 g/mol. The standard InChI is InChI=1S/C12H28ClNO3P/c1-2-3-4-5-6-7-9-14-10-12-18(15,16)17-11-8-13/h14-16H,2-12H2,1H3/q+1. The van der Waals surface area contributed by atoms with Gasteiger partial charge in [0.1, 0.15) is 6.61 Å². The van der Waals surface area contributed by atoms with E-state index in [-0.39, 0.29) is 18.6 Å². The Hall–Kier alpha value is 0.560. The zero-order valence-corrected chi connectivity index (χ0v) is 13.1. The van der Waals surface area contributed by atoms with Gasteiger partial charge in [0.2, 0.25) is 0 Å². The van der Waals surface area contributed by atoms with E-state index in [2.05, 4.69) is 12.2 Å². The Morgan fingerprint density at radius 2 is 1.72 bits per heavy atom. The van der Waals surface area contributed by atoms with E-state index in [1.165, 1.54) is 32.1 Å². The number of hydrogen-bond acceptors (Lipinski definition) is 4. The molecule has 0 radical (unpaired) electrons. The third-order valence-electron chi connectivity index (χ3n) is 2.66. The predicted octanol–water partition coefficient (Wildman–Crippen LogP) is 2.94. The van der Waals surface area contributed by atoms with Gasteiger partial charge >= 0.3 is 7.94 Å². The van der Waals surface area contributed by atoms with E-state index >= 15 is 0 Å². The number of halogens is 1. The summed E-state index contributed by atoms with van der Waals surface area (Å²) < 4.78 is 4.90. The fourth-order valence-electron chi connectivity index (χ4n) is 1.63. The van der Waals surface area contributed by atoms with Crippen molar-refractivity contribution >= 4 is 19.5 Å². The average molecular weight is 301 g/mol. The summed E-state index contributed by atoms with van der Waals surface area (Å²) in [6.07, 6.45) is 7.88. The molecule has 0 aliphatic rings. The molecule has 3 N–H and O–H groups in total. The highest BCUT2D eigenvalue weighted by Crippen LogP contribution is 2.50. The quantitative estimate of drug-likeness (QED) is 0.278. The molecule has 18 heavy (non-hydrogen) atoms. The minimum absolute atomic E-state index is 0.194. The van der Waals surface area contributed by atoms with E-state index in [1.807, 2.05) is 0 Å². The molecule has 0 atom stereocenters. The summed E-state index contributed by atoms with van der Waals surface area (Å²) in [5, 5.41) is 3.20. The molecular weight excluding hydrogens is 273 g/mol. The minimum atomic E-state index is -3.18. The molecule has 0 rings (SSSR count). The van der Waals surface area contributed by atoms with Gasteiger partial charge in [-0.25, -0.2) is 0 Å². The summed E-state index contributed by atoms with van der Waals surface area (Å²) in [7, 11) is -3.18. The maximum Gasteiger partial charge on any atom is 0.407 e. The molecule has 0 saturated heterocycles. The molecule has 0 aromatic rings. The lowest BCUT2D eigenvalue weighted by Gasteiger charge is -2.11. The van der Waals surface area contributed by atoms with Gasteiger partial charge in [-0.2, -0.15) is 14.3 Å². The molecule has 0 unspecified atom stereocenters. The molecule has 0 saturated carbocycles. The molecule has 0 aliphatic carbocycles. The van der Waals surface area contributed by atoms with Crippen LogP contribution in [0.1, 0.15) is 45.4 Å². The molecule has 0 aromatic carbocycles. The first-order valence-electron chi connectivity index (χ1n) is 6.87. The van der Waals surface area contributed by atoms with Gasteiger partial charge < -0.3 is 5.32 Å². The van der Waals surface area contributed by atoms with Gasteiger partial charge in [0.05, 0.1) is 5.88 Å². The Morgan fingerprint density at radius 3 is 2.39 bits per heavy atom. The summed E-state index contributed by atoms with van der Waals surface area (Å²) in [6.45, 7) is 3.92. The molecule has 0 aromatic heterocycles. The summed E-state index contributed by atoms with van der Waals surface area (Å²) >= 11 is 5.42. The second kappa shape index (κ2) is 12.6. The van der Waals surface area contributed by atoms with Crippen molar-refractivity contribution in [3.05, 3.63) is 0 Å². The van der Waals surface area contributed by atoms with Crippen LogP contribution >= 0.6 is 19.5 Å². The van der Waals surface area contributed by atoms with Crippen LogP contribution in [0.25, 0.3) is 0 Å². The lowest BCUT2D eigenvalue weighted by atomic mass is 10.1. The molecular formula is C12H28ClNO3P+. The van der Waals surface area contributed by atoms with Crippen LogP contribution in [0.5, 0.6) is 0 Å². The molecule has 4 nitrogen and oxygen atoms in total. The van der Waals surface area contributed by atoms with E-state index in [0.29, 0.717) is 6.54 Å². The highest BCUT2D eigenvalue weighted by Gasteiger charge is 2.34. The van der Waals surface area contributed by atoms with E-state index in [0.717, 1.165) is 13.0 Å². The van der Waals surface area contributed by atoms with Gasteiger partial charge in [0, 0.05) is 6.54 Å². The Morgan fingerprint density at radius 1 is 1.06 bits per heavy atom. The first kappa shape index (κ1) is 18.6. The van der Waals surface area contributed by atoms with Gasteiger partial charge in [0.25, 0.3) is 0 Å². The first-order valence-corrected chi connectivity index (χ1v) is 9.20. The van der Waals surface area contributed by atoms with Crippen molar-refractivity contribution in [1.29, 1.82) is 0 Å². The van der Waals surface area contributed by atoms with E-state index in [1.54, 1.807) is 0 Å². The summed E-state index contributed by atoms with van der Waals surface area (Å²) in [5.41, 5.74) is 0. The lowest BCUT2D eigenvalue weighted by Crippen LogP contribution is -2.21. The Balaban J connectivity index is 3.23. The third-order valence-corrected chi connectivity index (χ3v) is 4.22. The topological polar surface area (TPSA) is 61.7 Å². The van der Waals surface area contributed by atoms with Crippen molar-refractivity contribution in [1.82, 2.24) is 5.32 Å². The Kier molecular flexibility index (Phi) is 13.0. The van der Waals surface area contributed by atoms with Crippen molar-refractivity contribution in [2.24, 2.45) is 0 Å². The molecule has 0 spiro atoms. The first-order chi connectivity index (χ1) is 8.62. The molecule has 0 amide bonds. The second-order valence-corrected chi connectivity index (χ2v) is 6.84. The number of rotatable bonds is 13. The zero-order valence-electron chi connectivity index (χ0n) is 11.4. The van der Waals surface area contributed by atoms with Crippen LogP contribution in [0, 0.1) is 0 Å².